The third-order valence-corrected chi connectivity index (χ3v) is 3.43. The van der Waals surface area contributed by atoms with Gasteiger partial charge in [-0.05, 0) is 26.2 Å². The zero-order chi connectivity index (χ0) is 9.68. The summed E-state index contributed by atoms with van der Waals surface area (Å²) in [6.07, 6.45) is 4.68. The fourth-order valence-electron chi connectivity index (χ4n) is 1.56. The molecule has 0 aliphatic carbocycles. The van der Waals surface area contributed by atoms with Gasteiger partial charge in [-0.1, -0.05) is 18.2 Å². The van der Waals surface area contributed by atoms with Crippen molar-refractivity contribution in [2.45, 2.75) is 39.0 Å². The Bertz CT molecular complexity index is 201. The molecule has 1 saturated heterocycles. The highest BCUT2D eigenvalue weighted by Gasteiger charge is 2.24. The predicted octanol–water partition coefficient (Wildman–Crippen LogP) is 2.42. The van der Waals surface area contributed by atoms with Crippen molar-refractivity contribution in [2.24, 2.45) is 5.92 Å². The SMILES string of the molecule is CC(=O)CCCCC1CCSC1=O. The minimum atomic E-state index is 0.257. The first-order valence-corrected chi connectivity index (χ1v) is 5.85. The number of carbonyl (C=O) groups excluding carboxylic acids is 2. The average Bonchev–Trinajstić information content (AvgIpc) is 2.45. The molecule has 0 amide bonds. The van der Waals surface area contributed by atoms with Crippen LogP contribution in [0.25, 0.3) is 0 Å². The molecule has 1 aliphatic heterocycles. The van der Waals surface area contributed by atoms with Crippen molar-refractivity contribution < 1.29 is 9.59 Å². The van der Waals surface area contributed by atoms with E-state index in [1.165, 1.54) is 11.8 Å². The molecule has 0 radical (unpaired) electrons. The highest BCUT2D eigenvalue weighted by molar-refractivity contribution is 8.14. The van der Waals surface area contributed by atoms with Gasteiger partial charge in [0.1, 0.15) is 5.78 Å². The third kappa shape index (κ3) is 3.94. The number of carbonyl (C=O) groups is 2. The van der Waals surface area contributed by atoms with Crippen LogP contribution in [0.2, 0.25) is 0 Å². The van der Waals surface area contributed by atoms with Crippen molar-refractivity contribution in [3.63, 3.8) is 0 Å². The number of hydrogen-bond donors (Lipinski definition) is 0. The predicted molar refractivity (Wildman–Crippen MR) is 54.7 cm³/mol. The maximum Gasteiger partial charge on any atom is 0.192 e. The molecule has 1 atom stereocenters. The molecule has 1 aliphatic rings. The van der Waals surface area contributed by atoms with Gasteiger partial charge >= 0.3 is 0 Å². The molecule has 1 heterocycles. The van der Waals surface area contributed by atoms with E-state index in [1.54, 1.807) is 6.92 Å². The molecule has 0 aromatic heterocycles. The van der Waals surface area contributed by atoms with E-state index in [4.69, 9.17) is 0 Å². The summed E-state index contributed by atoms with van der Waals surface area (Å²) >= 11 is 1.46. The van der Waals surface area contributed by atoms with Crippen LogP contribution >= 0.6 is 11.8 Å². The number of thioether (sulfide) groups is 1. The first-order chi connectivity index (χ1) is 6.20. The van der Waals surface area contributed by atoms with Gasteiger partial charge < -0.3 is 4.79 Å². The Hall–Kier alpha value is -0.310. The van der Waals surface area contributed by atoms with E-state index < -0.39 is 0 Å². The van der Waals surface area contributed by atoms with Crippen LogP contribution in [0.4, 0.5) is 0 Å². The quantitative estimate of drug-likeness (QED) is 0.639. The van der Waals surface area contributed by atoms with Gasteiger partial charge in [0.15, 0.2) is 5.12 Å². The average molecular weight is 200 g/mol. The van der Waals surface area contributed by atoms with Gasteiger partial charge in [0.25, 0.3) is 0 Å². The van der Waals surface area contributed by atoms with E-state index >= 15 is 0 Å². The van der Waals surface area contributed by atoms with Gasteiger partial charge in [0.2, 0.25) is 0 Å². The fraction of sp³-hybridized carbons (Fsp3) is 0.800. The fourth-order valence-corrected chi connectivity index (χ4v) is 2.64. The smallest absolute Gasteiger partial charge is 0.192 e. The Labute approximate surface area is 83.5 Å². The van der Waals surface area contributed by atoms with Gasteiger partial charge in [0, 0.05) is 18.1 Å². The largest absolute Gasteiger partial charge is 0.300 e. The summed E-state index contributed by atoms with van der Waals surface area (Å²) in [7, 11) is 0. The standard InChI is InChI=1S/C10H16O2S/c1-8(11)4-2-3-5-9-6-7-13-10(9)12/h9H,2-7H2,1H3. The minimum Gasteiger partial charge on any atom is -0.300 e. The van der Waals surface area contributed by atoms with Crippen LogP contribution in [-0.2, 0) is 9.59 Å². The van der Waals surface area contributed by atoms with Crippen LogP contribution in [0, 0.1) is 5.92 Å². The molecule has 2 nitrogen and oxygen atoms in total. The second-order valence-corrected chi connectivity index (χ2v) is 4.70. The van der Waals surface area contributed by atoms with E-state index in [1.807, 2.05) is 0 Å². The minimum absolute atomic E-state index is 0.257. The summed E-state index contributed by atoms with van der Waals surface area (Å²) in [5.74, 6) is 1.54. The summed E-state index contributed by atoms with van der Waals surface area (Å²) in [4.78, 5) is 21.8. The van der Waals surface area contributed by atoms with Crippen LogP contribution in [0.1, 0.15) is 39.0 Å². The summed E-state index contributed by atoms with van der Waals surface area (Å²) in [6, 6.07) is 0. The molecule has 3 heteroatoms. The summed E-state index contributed by atoms with van der Waals surface area (Å²) in [6.45, 7) is 1.62. The normalized spacial score (nSPS) is 22.2. The van der Waals surface area contributed by atoms with E-state index in [-0.39, 0.29) is 11.7 Å². The summed E-state index contributed by atoms with van der Waals surface area (Å²) in [5, 5.41) is 0.364. The maximum absolute atomic E-state index is 11.2. The van der Waals surface area contributed by atoms with E-state index in [9.17, 15) is 9.59 Å². The molecule has 13 heavy (non-hydrogen) atoms. The Morgan fingerprint density at radius 1 is 1.54 bits per heavy atom. The molecule has 0 bridgehead atoms. The van der Waals surface area contributed by atoms with Crippen molar-refractivity contribution >= 4 is 22.7 Å². The Balaban J connectivity index is 2.05. The lowest BCUT2D eigenvalue weighted by Crippen LogP contribution is -2.04. The topological polar surface area (TPSA) is 34.1 Å². The second-order valence-electron chi connectivity index (χ2n) is 3.60. The first kappa shape index (κ1) is 10.8. The molecule has 0 saturated carbocycles. The summed E-state index contributed by atoms with van der Waals surface area (Å²) in [5.41, 5.74) is 0. The third-order valence-electron chi connectivity index (χ3n) is 2.38. The van der Waals surface area contributed by atoms with Crippen LogP contribution in [0.3, 0.4) is 0 Å². The van der Waals surface area contributed by atoms with Crippen LogP contribution < -0.4 is 0 Å². The molecule has 74 valence electrons. The zero-order valence-corrected chi connectivity index (χ0v) is 8.86. The molecule has 0 N–H and O–H groups in total. The molecule has 1 unspecified atom stereocenters. The molecule has 1 rings (SSSR count). The number of hydrogen-bond acceptors (Lipinski definition) is 3. The maximum atomic E-state index is 11.2. The lowest BCUT2D eigenvalue weighted by Gasteiger charge is -2.04. The highest BCUT2D eigenvalue weighted by Crippen LogP contribution is 2.29. The van der Waals surface area contributed by atoms with E-state index in [0.29, 0.717) is 11.5 Å². The number of Topliss-reactive ketones (excluding diaryl/α,β-unsaturated/α-hetero) is 1. The molecule has 0 spiro atoms. The van der Waals surface area contributed by atoms with Crippen LogP contribution in [0.5, 0.6) is 0 Å². The Morgan fingerprint density at radius 3 is 2.85 bits per heavy atom. The molecule has 0 aromatic rings. The molecular weight excluding hydrogens is 184 g/mol. The van der Waals surface area contributed by atoms with Gasteiger partial charge in [-0.25, -0.2) is 0 Å². The van der Waals surface area contributed by atoms with Crippen LogP contribution in [-0.4, -0.2) is 16.7 Å². The second kappa shape index (κ2) is 5.43. The van der Waals surface area contributed by atoms with Gasteiger partial charge in [-0.15, -0.1) is 0 Å². The zero-order valence-electron chi connectivity index (χ0n) is 8.04. The van der Waals surface area contributed by atoms with Gasteiger partial charge in [-0.3, -0.25) is 4.79 Å². The lowest BCUT2D eigenvalue weighted by molar-refractivity contribution is -0.117. The van der Waals surface area contributed by atoms with E-state index in [2.05, 4.69) is 0 Å². The van der Waals surface area contributed by atoms with Crippen molar-refractivity contribution in [3.8, 4) is 0 Å². The Kier molecular flexibility index (Phi) is 4.50. The first-order valence-electron chi connectivity index (χ1n) is 4.86. The molecular formula is C10H16O2S. The lowest BCUT2D eigenvalue weighted by atomic mass is 10.00. The van der Waals surface area contributed by atoms with Crippen molar-refractivity contribution in [3.05, 3.63) is 0 Å². The highest BCUT2D eigenvalue weighted by atomic mass is 32.2. The number of unbranched alkanes of at least 4 members (excludes halogenated alkanes) is 1. The van der Waals surface area contributed by atoms with Crippen LogP contribution in [0.15, 0.2) is 0 Å². The monoisotopic (exact) mass is 200 g/mol. The van der Waals surface area contributed by atoms with Crippen molar-refractivity contribution in [2.75, 3.05) is 5.75 Å². The summed E-state index contributed by atoms with van der Waals surface area (Å²) < 4.78 is 0. The molecule has 1 fully saturated rings. The van der Waals surface area contributed by atoms with E-state index in [0.717, 1.165) is 31.4 Å². The molecule has 0 aromatic carbocycles. The van der Waals surface area contributed by atoms with Crippen molar-refractivity contribution in [1.82, 2.24) is 0 Å². The van der Waals surface area contributed by atoms with Gasteiger partial charge in [0.05, 0.1) is 0 Å². The van der Waals surface area contributed by atoms with Gasteiger partial charge in [-0.2, -0.15) is 0 Å². The Morgan fingerprint density at radius 2 is 2.31 bits per heavy atom. The van der Waals surface area contributed by atoms with Crippen molar-refractivity contribution in [1.29, 1.82) is 0 Å². The number of ketones is 1. The number of rotatable bonds is 5.